The van der Waals surface area contributed by atoms with Crippen molar-refractivity contribution in [2.75, 3.05) is 0 Å². The molecule has 0 aliphatic carbocycles. The minimum Gasteiger partial charge on any atom is -0.488 e. The van der Waals surface area contributed by atoms with Gasteiger partial charge in [0, 0.05) is 15.6 Å². The second kappa shape index (κ2) is 6.86. The van der Waals surface area contributed by atoms with Crippen LogP contribution >= 0.6 is 15.9 Å². The summed E-state index contributed by atoms with van der Waals surface area (Å²) in [6, 6.07) is 11.9. The van der Waals surface area contributed by atoms with Crippen LogP contribution in [0.5, 0.6) is 5.75 Å². The van der Waals surface area contributed by atoms with Crippen LogP contribution in [0.15, 0.2) is 46.9 Å². The molecule has 106 valence electrons. The Balaban J connectivity index is 2.15. The van der Waals surface area contributed by atoms with E-state index in [0.29, 0.717) is 23.2 Å². The molecule has 1 unspecified atom stereocenters. The standard InChI is InChI=1S/C16H16BrFO2/c1-2-15(19)13-5-3-4-6-16(13)20-10-11-7-8-12(18)9-14(11)17/h3-9,15,19H,2,10H2,1H3. The summed E-state index contributed by atoms with van der Waals surface area (Å²) in [5.41, 5.74) is 1.63. The van der Waals surface area contributed by atoms with Gasteiger partial charge in [-0.2, -0.15) is 0 Å². The SMILES string of the molecule is CCC(O)c1ccccc1OCc1ccc(F)cc1Br. The zero-order chi connectivity index (χ0) is 14.5. The average molecular weight is 339 g/mol. The molecule has 0 saturated carbocycles. The van der Waals surface area contributed by atoms with Crippen molar-refractivity contribution in [1.82, 2.24) is 0 Å². The molecule has 20 heavy (non-hydrogen) atoms. The van der Waals surface area contributed by atoms with Crippen molar-refractivity contribution in [1.29, 1.82) is 0 Å². The highest BCUT2D eigenvalue weighted by Gasteiger charge is 2.11. The highest BCUT2D eigenvalue weighted by Crippen LogP contribution is 2.28. The second-order valence-corrected chi connectivity index (χ2v) is 5.34. The van der Waals surface area contributed by atoms with E-state index in [9.17, 15) is 9.50 Å². The largest absolute Gasteiger partial charge is 0.488 e. The van der Waals surface area contributed by atoms with E-state index in [1.165, 1.54) is 12.1 Å². The third-order valence-corrected chi connectivity index (χ3v) is 3.80. The van der Waals surface area contributed by atoms with E-state index in [4.69, 9.17) is 4.74 Å². The highest BCUT2D eigenvalue weighted by molar-refractivity contribution is 9.10. The van der Waals surface area contributed by atoms with Crippen LogP contribution in [0, 0.1) is 5.82 Å². The smallest absolute Gasteiger partial charge is 0.125 e. The van der Waals surface area contributed by atoms with Gasteiger partial charge in [-0.25, -0.2) is 4.39 Å². The fourth-order valence-corrected chi connectivity index (χ4v) is 2.37. The molecule has 0 bridgehead atoms. The maximum absolute atomic E-state index is 13.0. The van der Waals surface area contributed by atoms with Gasteiger partial charge in [-0.1, -0.05) is 47.1 Å². The number of para-hydroxylation sites is 1. The fourth-order valence-electron chi connectivity index (χ4n) is 1.90. The van der Waals surface area contributed by atoms with Gasteiger partial charge < -0.3 is 9.84 Å². The number of rotatable bonds is 5. The summed E-state index contributed by atoms with van der Waals surface area (Å²) in [4.78, 5) is 0. The van der Waals surface area contributed by atoms with Gasteiger partial charge in [-0.15, -0.1) is 0 Å². The lowest BCUT2D eigenvalue weighted by atomic mass is 10.1. The van der Waals surface area contributed by atoms with Gasteiger partial charge in [0.25, 0.3) is 0 Å². The third-order valence-electron chi connectivity index (χ3n) is 3.06. The van der Waals surface area contributed by atoms with Crippen LogP contribution in [0.3, 0.4) is 0 Å². The third kappa shape index (κ3) is 3.58. The van der Waals surface area contributed by atoms with Gasteiger partial charge >= 0.3 is 0 Å². The zero-order valence-corrected chi connectivity index (χ0v) is 12.7. The van der Waals surface area contributed by atoms with Crippen LogP contribution in [0.25, 0.3) is 0 Å². The van der Waals surface area contributed by atoms with Crippen molar-refractivity contribution in [2.45, 2.75) is 26.1 Å². The number of hydrogen-bond acceptors (Lipinski definition) is 2. The van der Waals surface area contributed by atoms with Gasteiger partial charge in [-0.05, 0) is 24.6 Å². The molecule has 1 atom stereocenters. The van der Waals surface area contributed by atoms with Crippen molar-refractivity contribution >= 4 is 15.9 Å². The minimum absolute atomic E-state index is 0.289. The molecule has 0 fully saturated rings. The Morgan fingerprint density at radius 1 is 1.25 bits per heavy atom. The Morgan fingerprint density at radius 2 is 2.00 bits per heavy atom. The Labute approximate surface area is 126 Å². The van der Waals surface area contributed by atoms with Crippen LogP contribution in [-0.2, 0) is 6.61 Å². The quantitative estimate of drug-likeness (QED) is 0.862. The molecular weight excluding hydrogens is 323 g/mol. The van der Waals surface area contributed by atoms with Crippen molar-refractivity contribution in [3.05, 3.63) is 63.9 Å². The number of halogens is 2. The zero-order valence-electron chi connectivity index (χ0n) is 11.1. The monoisotopic (exact) mass is 338 g/mol. The molecule has 0 aliphatic heterocycles. The normalized spacial score (nSPS) is 12.2. The molecule has 1 N–H and O–H groups in total. The van der Waals surface area contributed by atoms with E-state index in [-0.39, 0.29) is 5.82 Å². The second-order valence-electron chi connectivity index (χ2n) is 4.49. The molecular formula is C16H16BrFO2. The van der Waals surface area contributed by atoms with Crippen LogP contribution in [0.4, 0.5) is 4.39 Å². The first kappa shape index (κ1) is 15.0. The van der Waals surface area contributed by atoms with Crippen molar-refractivity contribution in [3.63, 3.8) is 0 Å². The number of ether oxygens (including phenoxy) is 1. The maximum Gasteiger partial charge on any atom is 0.125 e. The first-order valence-corrected chi connectivity index (χ1v) is 7.24. The Kier molecular flexibility index (Phi) is 5.15. The predicted molar refractivity (Wildman–Crippen MR) is 80.1 cm³/mol. The Bertz CT molecular complexity index is 586. The molecule has 0 saturated heterocycles. The first-order chi connectivity index (χ1) is 9.61. The van der Waals surface area contributed by atoms with Gasteiger partial charge in [0.1, 0.15) is 18.2 Å². The fraction of sp³-hybridized carbons (Fsp3) is 0.250. The summed E-state index contributed by atoms with van der Waals surface area (Å²) in [7, 11) is 0. The summed E-state index contributed by atoms with van der Waals surface area (Å²) in [6.45, 7) is 2.23. The molecule has 4 heteroatoms. The van der Waals surface area contributed by atoms with Crippen molar-refractivity contribution in [2.24, 2.45) is 0 Å². The van der Waals surface area contributed by atoms with E-state index in [2.05, 4.69) is 15.9 Å². The molecule has 2 nitrogen and oxygen atoms in total. The van der Waals surface area contributed by atoms with Crippen molar-refractivity contribution in [3.8, 4) is 5.75 Å². The number of aliphatic hydroxyl groups excluding tert-OH is 1. The topological polar surface area (TPSA) is 29.5 Å². The number of aliphatic hydroxyl groups is 1. The van der Waals surface area contributed by atoms with Crippen LogP contribution in [0.1, 0.15) is 30.6 Å². The van der Waals surface area contributed by atoms with Gasteiger partial charge in [-0.3, -0.25) is 0 Å². The predicted octanol–water partition coefficient (Wildman–Crippen LogP) is 4.61. The molecule has 0 spiro atoms. The summed E-state index contributed by atoms with van der Waals surface area (Å²) in [5, 5.41) is 9.96. The van der Waals surface area contributed by atoms with E-state index < -0.39 is 6.10 Å². The summed E-state index contributed by atoms with van der Waals surface area (Å²) >= 11 is 3.31. The lowest BCUT2D eigenvalue weighted by Crippen LogP contribution is -2.03. The van der Waals surface area contributed by atoms with Crippen LogP contribution in [0.2, 0.25) is 0 Å². The molecule has 2 rings (SSSR count). The van der Waals surface area contributed by atoms with Gasteiger partial charge in [0.05, 0.1) is 6.10 Å². The van der Waals surface area contributed by atoms with E-state index in [1.54, 1.807) is 6.07 Å². The molecule has 0 aromatic heterocycles. The summed E-state index contributed by atoms with van der Waals surface area (Å²) in [5.74, 6) is 0.362. The maximum atomic E-state index is 13.0. The lowest BCUT2D eigenvalue weighted by Gasteiger charge is -2.15. The lowest BCUT2D eigenvalue weighted by molar-refractivity contribution is 0.166. The number of hydrogen-bond donors (Lipinski definition) is 1. The molecule has 0 amide bonds. The average Bonchev–Trinajstić information content (AvgIpc) is 2.46. The first-order valence-electron chi connectivity index (χ1n) is 6.45. The van der Waals surface area contributed by atoms with Gasteiger partial charge in [0.2, 0.25) is 0 Å². The van der Waals surface area contributed by atoms with Crippen molar-refractivity contribution < 1.29 is 14.2 Å². The van der Waals surface area contributed by atoms with Gasteiger partial charge in [0.15, 0.2) is 0 Å². The van der Waals surface area contributed by atoms with E-state index in [0.717, 1.165) is 11.1 Å². The Hall–Kier alpha value is -1.39. The molecule has 0 heterocycles. The number of benzene rings is 2. The highest BCUT2D eigenvalue weighted by atomic mass is 79.9. The molecule has 0 aliphatic rings. The van der Waals surface area contributed by atoms with E-state index >= 15 is 0 Å². The van der Waals surface area contributed by atoms with E-state index in [1.807, 2.05) is 31.2 Å². The molecule has 0 radical (unpaired) electrons. The Morgan fingerprint density at radius 3 is 2.70 bits per heavy atom. The molecule has 2 aromatic carbocycles. The molecule has 2 aromatic rings. The van der Waals surface area contributed by atoms with Crippen LogP contribution in [-0.4, -0.2) is 5.11 Å². The van der Waals surface area contributed by atoms with Crippen LogP contribution < -0.4 is 4.74 Å². The summed E-state index contributed by atoms with van der Waals surface area (Å²) < 4.78 is 19.4. The minimum atomic E-state index is -0.539. The summed E-state index contributed by atoms with van der Waals surface area (Å²) in [6.07, 6.45) is 0.0866.